The lowest BCUT2D eigenvalue weighted by Crippen LogP contribution is -2.41. The predicted molar refractivity (Wildman–Crippen MR) is 75.0 cm³/mol. The Bertz CT molecular complexity index is 496. The van der Waals surface area contributed by atoms with Gasteiger partial charge in [0.25, 0.3) is 5.91 Å². The average Bonchev–Trinajstić information content (AvgIpc) is 2.44. The topological polar surface area (TPSA) is 29.5 Å². The van der Waals surface area contributed by atoms with Crippen molar-refractivity contribution in [2.75, 3.05) is 25.0 Å². The molecule has 0 radical (unpaired) electrons. The second kappa shape index (κ2) is 7.26. The molecule has 1 amide bonds. The van der Waals surface area contributed by atoms with Crippen molar-refractivity contribution in [2.45, 2.75) is 18.9 Å². The van der Waals surface area contributed by atoms with E-state index in [0.29, 0.717) is 44.7 Å². The number of piperidine rings is 1. The Balaban J connectivity index is 2.02. The van der Waals surface area contributed by atoms with E-state index in [0.717, 1.165) is 5.33 Å². The fourth-order valence-electron chi connectivity index (χ4n) is 2.34. The number of carbonyl (C=O) groups is 1. The van der Waals surface area contributed by atoms with E-state index in [1.165, 1.54) is 4.90 Å². The Morgan fingerprint density at radius 1 is 1.24 bits per heavy atom. The second-order valence-electron chi connectivity index (χ2n) is 4.80. The number of carbonyl (C=O) groups excluding carboxylic acids is 1. The minimum Gasteiger partial charge on any atom is -0.377 e. The van der Waals surface area contributed by atoms with Crippen LogP contribution in [0.15, 0.2) is 12.1 Å². The van der Waals surface area contributed by atoms with Gasteiger partial charge in [-0.05, 0) is 12.8 Å². The highest BCUT2D eigenvalue weighted by atomic mass is 79.9. The van der Waals surface area contributed by atoms with Gasteiger partial charge >= 0.3 is 0 Å². The van der Waals surface area contributed by atoms with Crippen LogP contribution < -0.4 is 0 Å². The third-order valence-corrected chi connectivity index (χ3v) is 3.70. The molecule has 1 aliphatic rings. The highest BCUT2D eigenvalue weighted by Gasteiger charge is 2.28. The van der Waals surface area contributed by atoms with Gasteiger partial charge in [0, 0.05) is 30.6 Å². The first-order valence-electron chi connectivity index (χ1n) is 6.64. The summed E-state index contributed by atoms with van der Waals surface area (Å²) in [5, 5.41) is 0.734. The van der Waals surface area contributed by atoms with Crippen LogP contribution in [0, 0.1) is 17.5 Å². The number of amides is 1. The monoisotopic (exact) mass is 365 g/mol. The first kappa shape index (κ1) is 16.3. The molecule has 21 heavy (non-hydrogen) atoms. The smallest absolute Gasteiger partial charge is 0.259 e. The van der Waals surface area contributed by atoms with Crippen LogP contribution >= 0.6 is 15.9 Å². The Kier molecular flexibility index (Phi) is 5.64. The van der Waals surface area contributed by atoms with Gasteiger partial charge in [0.2, 0.25) is 0 Å². The maximum atomic E-state index is 13.6. The molecule has 1 fully saturated rings. The van der Waals surface area contributed by atoms with Gasteiger partial charge in [-0.15, -0.1) is 0 Å². The molecule has 0 N–H and O–H groups in total. The van der Waals surface area contributed by atoms with Crippen molar-refractivity contribution in [3.05, 3.63) is 35.1 Å². The van der Waals surface area contributed by atoms with Crippen LogP contribution in [0.5, 0.6) is 0 Å². The Hall–Kier alpha value is -1.08. The van der Waals surface area contributed by atoms with Crippen LogP contribution in [0.25, 0.3) is 0 Å². The Morgan fingerprint density at radius 3 is 2.33 bits per heavy atom. The zero-order chi connectivity index (χ0) is 15.4. The molecule has 0 atom stereocenters. The highest BCUT2D eigenvalue weighted by Crippen LogP contribution is 2.20. The third kappa shape index (κ3) is 3.97. The molecular formula is C14H15BrF3NO2. The molecule has 0 aliphatic carbocycles. The normalized spacial score (nSPS) is 16.3. The zero-order valence-corrected chi connectivity index (χ0v) is 12.8. The maximum absolute atomic E-state index is 13.6. The minimum absolute atomic E-state index is 0.0505. The van der Waals surface area contributed by atoms with Gasteiger partial charge in [-0.1, -0.05) is 15.9 Å². The van der Waals surface area contributed by atoms with Crippen LogP contribution in [-0.4, -0.2) is 41.9 Å². The Labute approximate surface area is 129 Å². The number of ether oxygens (including phenoxy) is 1. The molecule has 0 aromatic heterocycles. The minimum atomic E-state index is -1.17. The van der Waals surface area contributed by atoms with Crippen molar-refractivity contribution in [1.29, 1.82) is 0 Å². The summed E-state index contributed by atoms with van der Waals surface area (Å²) in [6, 6.07) is 1.03. The summed E-state index contributed by atoms with van der Waals surface area (Å²) in [7, 11) is 0. The molecule has 1 aromatic rings. The number of rotatable bonds is 4. The molecule has 2 rings (SSSR count). The lowest BCUT2D eigenvalue weighted by atomic mass is 10.1. The lowest BCUT2D eigenvalue weighted by molar-refractivity contribution is 0.0157. The van der Waals surface area contributed by atoms with Gasteiger partial charge in [0.05, 0.1) is 12.7 Å². The van der Waals surface area contributed by atoms with Crippen LogP contribution in [0.2, 0.25) is 0 Å². The number of benzene rings is 1. The summed E-state index contributed by atoms with van der Waals surface area (Å²) in [4.78, 5) is 13.5. The largest absolute Gasteiger partial charge is 0.377 e. The summed E-state index contributed by atoms with van der Waals surface area (Å²) < 4.78 is 45.6. The average molecular weight is 366 g/mol. The lowest BCUT2D eigenvalue weighted by Gasteiger charge is -2.32. The van der Waals surface area contributed by atoms with E-state index < -0.39 is 28.9 Å². The number of nitrogens with zero attached hydrogens (tertiary/aromatic N) is 1. The fraction of sp³-hybridized carbons (Fsp3) is 0.500. The number of hydrogen-bond acceptors (Lipinski definition) is 2. The summed E-state index contributed by atoms with van der Waals surface area (Å²) in [5.41, 5.74) is -0.698. The van der Waals surface area contributed by atoms with Gasteiger partial charge in [-0.2, -0.15) is 0 Å². The Morgan fingerprint density at radius 2 is 1.81 bits per heavy atom. The van der Waals surface area contributed by atoms with Crippen LogP contribution in [0.1, 0.15) is 23.2 Å². The number of likely N-dealkylation sites (tertiary alicyclic amines) is 1. The van der Waals surface area contributed by atoms with Gasteiger partial charge in [-0.3, -0.25) is 4.79 Å². The van der Waals surface area contributed by atoms with E-state index in [2.05, 4.69) is 15.9 Å². The SMILES string of the molecule is O=C(c1c(F)cc(F)cc1F)N1CCC(OCCBr)CC1. The van der Waals surface area contributed by atoms with Crippen molar-refractivity contribution in [3.8, 4) is 0 Å². The molecule has 1 aliphatic heterocycles. The number of halogens is 4. The van der Waals surface area contributed by atoms with E-state index >= 15 is 0 Å². The first-order valence-corrected chi connectivity index (χ1v) is 7.76. The molecule has 116 valence electrons. The van der Waals surface area contributed by atoms with Crippen LogP contribution in [-0.2, 0) is 4.74 Å². The fourth-order valence-corrected chi connectivity index (χ4v) is 2.53. The molecule has 0 saturated carbocycles. The quantitative estimate of drug-likeness (QED) is 0.767. The van der Waals surface area contributed by atoms with Crippen LogP contribution in [0.4, 0.5) is 13.2 Å². The molecule has 1 heterocycles. The first-order chi connectivity index (χ1) is 10.0. The summed E-state index contributed by atoms with van der Waals surface area (Å²) >= 11 is 3.26. The molecule has 3 nitrogen and oxygen atoms in total. The third-order valence-electron chi connectivity index (χ3n) is 3.38. The van der Waals surface area contributed by atoms with E-state index in [1.54, 1.807) is 0 Å². The van der Waals surface area contributed by atoms with Crippen molar-refractivity contribution in [3.63, 3.8) is 0 Å². The molecule has 0 spiro atoms. The maximum Gasteiger partial charge on any atom is 0.259 e. The molecule has 1 saturated heterocycles. The summed E-state index contributed by atoms with van der Waals surface area (Å²) in [5.74, 6) is -4.13. The van der Waals surface area contributed by atoms with E-state index in [4.69, 9.17) is 4.74 Å². The van der Waals surface area contributed by atoms with Gasteiger partial charge < -0.3 is 9.64 Å². The van der Waals surface area contributed by atoms with Crippen molar-refractivity contribution in [1.82, 2.24) is 4.90 Å². The molecule has 0 bridgehead atoms. The van der Waals surface area contributed by atoms with Gasteiger partial charge in [-0.25, -0.2) is 13.2 Å². The summed E-state index contributed by atoms with van der Waals surface area (Å²) in [6.07, 6.45) is 1.28. The molecular weight excluding hydrogens is 351 g/mol. The zero-order valence-electron chi connectivity index (χ0n) is 11.3. The predicted octanol–water partition coefficient (Wildman–Crippen LogP) is 3.12. The molecule has 7 heteroatoms. The van der Waals surface area contributed by atoms with Crippen LogP contribution in [0.3, 0.4) is 0 Å². The van der Waals surface area contributed by atoms with E-state index in [9.17, 15) is 18.0 Å². The summed E-state index contributed by atoms with van der Waals surface area (Å²) in [6.45, 7) is 1.31. The standard InChI is InChI=1S/C14H15BrF3NO2/c15-3-6-21-10-1-4-19(5-2-10)14(20)13-11(17)7-9(16)8-12(13)18/h7-8,10H,1-6H2. The molecule has 1 aromatic carbocycles. The molecule has 0 unspecified atom stereocenters. The van der Waals surface area contributed by atoms with Crippen molar-refractivity contribution in [2.24, 2.45) is 0 Å². The van der Waals surface area contributed by atoms with Crippen molar-refractivity contribution >= 4 is 21.8 Å². The number of hydrogen-bond donors (Lipinski definition) is 0. The highest BCUT2D eigenvalue weighted by molar-refractivity contribution is 9.09. The van der Waals surface area contributed by atoms with Gasteiger partial charge in [0.1, 0.15) is 23.0 Å². The second-order valence-corrected chi connectivity index (χ2v) is 5.59. The van der Waals surface area contributed by atoms with E-state index in [1.807, 2.05) is 0 Å². The van der Waals surface area contributed by atoms with Gasteiger partial charge in [0.15, 0.2) is 0 Å². The van der Waals surface area contributed by atoms with E-state index in [-0.39, 0.29) is 6.10 Å². The number of alkyl halides is 1. The van der Waals surface area contributed by atoms with Crippen molar-refractivity contribution < 1.29 is 22.7 Å².